The maximum Gasteiger partial charge on any atom is 0.318 e. The third kappa shape index (κ3) is 4.75. The summed E-state index contributed by atoms with van der Waals surface area (Å²) in [4.78, 5) is 46.0. The topological polar surface area (TPSA) is 142 Å². The van der Waals surface area contributed by atoms with Gasteiger partial charge in [0.15, 0.2) is 0 Å². The summed E-state index contributed by atoms with van der Waals surface area (Å²) in [6.45, 7) is 0.759. The highest BCUT2D eigenvalue weighted by Crippen LogP contribution is 2.09. The number of piperazine rings is 1. The van der Waals surface area contributed by atoms with Gasteiger partial charge in [0.1, 0.15) is 6.04 Å². The molecule has 1 fully saturated rings. The maximum atomic E-state index is 11.9. The normalized spacial score (nSPS) is 18.3. The second kappa shape index (κ2) is 7.31. The molecule has 1 atom stereocenters. The van der Waals surface area contributed by atoms with Gasteiger partial charge in [0.05, 0.1) is 6.42 Å². The van der Waals surface area contributed by atoms with Crippen LogP contribution in [0.15, 0.2) is 0 Å². The van der Waals surface area contributed by atoms with Crippen LogP contribution in [0, 0.1) is 0 Å². The molecule has 1 aliphatic heterocycles. The number of amides is 4. The molecular formula is C11H18N4O5. The van der Waals surface area contributed by atoms with Gasteiger partial charge in [0.2, 0.25) is 11.8 Å². The van der Waals surface area contributed by atoms with Gasteiger partial charge in [-0.1, -0.05) is 0 Å². The summed E-state index contributed by atoms with van der Waals surface area (Å²) in [7, 11) is 0. The SMILES string of the molecule is NC(=O)CCCNC(=O)N1CCNC(=O)C1CC(=O)O. The maximum absolute atomic E-state index is 11.9. The number of primary amides is 1. The molecule has 1 unspecified atom stereocenters. The van der Waals surface area contributed by atoms with Crippen LogP contribution in [0.1, 0.15) is 19.3 Å². The molecule has 0 aliphatic carbocycles. The lowest BCUT2D eigenvalue weighted by atomic mass is 10.1. The zero-order valence-electron chi connectivity index (χ0n) is 10.9. The van der Waals surface area contributed by atoms with Gasteiger partial charge >= 0.3 is 12.0 Å². The third-order valence-corrected chi connectivity index (χ3v) is 2.84. The van der Waals surface area contributed by atoms with Crippen molar-refractivity contribution in [2.24, 2.45) is 5.73 Å². The van der Waals surface area contributed by atoms with E-state index in [1.54, 1.807) is 0 Å². The quantitative estimate of drug-likeness (QED) is 0.428. The first kappa shape index (κ1) is 15.7. The Kier molecular flexibility index (Phi) is 5.75. The standard InChI is InChI=1S/C11H18N4O5/c12-8(16)2-1-3-14-11(20)15-5-4-13-10(19)7(15)6-9(17)18/h7H,1-6H2,(H2,12,16)(H,13,19)(H,14,20)(H,17,18). The van der Waals surface area contributed by atoms with Gasteiger partial charge < -0.3 is 26.4 Å². The van der Waals surface area contributed by atoms with E-state index in [0.717, 1.165) is 0 Å². The minimum absolute atomic E-state index is 0.152. The molecule has 0 bridgehead atoms. The lowest BCUT2D eigenvalue weighted by Gasteiger charge is -2.34. The zero-order valence-corrected chi connectivity index (χ0v) is 10.9. The average Bonchev–Trinajstić information content (AvgIpc) is 2.36. The largest absolute Gasteiger partial charge is 0.481 e. The molecule has 0 saturated carbocycles. The van der Waals surface area contributed by atoms with Gasteiger partial charge in [0.25, 0.3) is 0 Å². The summed E-state index contributed by atoms with van der Waals surface area (Å²) in [5.41, 5.74) is 4.97. The number of carbonyl (C=O) groups is 4. The predicted molar refractivity (Wildman–Crippen MR) is 67.6 cm³/mol. The van der Waals surface area contributed by atoms with Crippen LogP contribution < -0.4 is 16.4 Å². The lowest BCUT2D eigenvalue weighted by Crippen LogP contribution is -2.60. The Morgan fingerprint density at radius 2 is 2.15 bits per heavy atom. The Morgan fingerprint density at radius 1 is 1.45 bits per heavy atom. The van der Waals surface area contributed by atoms with Gasteiger partial charge in [-0.2, -0.15) is 0 Å². The van der Waals surface area contributed by atoms with E-state index < -0.39 is 36.3 Å². The fourth-order valence-electron chi connectivity index (χ4n) is 1.89. The molecule has 0 aromatic rings. The van der Waals surface area contributed by atoms with E-state index in [0.29, 0.717) is 6.42 Å². The van der Waals surface area contributed by atoms with Crippen LogP contribution in [-0.2, 0) is 14.4 Å². The van der Waals surface area contributed by atoms with Crippen LogP contribution >= 0.6 is 0 Å². The van der Waals surface area contributed by atoms with Crippen LogP contribution in [0.5, 0.6) is 0 Å². The molecule has 0 radical (unpaired) electrons. The van der Waals surface area contributed by atoms with E-state index in [4.69, 9.17) is 10.8 Å². The Morgan fingerprint density at radius 3 is 2.75 bits per heavy atom. The number of hydrogen-bond donors (Lipinski definition) is 4. The van der Waals surface area contributed by atoms with E-state index in [-0.39, 0.29) is 26.1 Å². The van der Waals surface area contributed by atoms with Gasteiger partial charge in [-0.15, -0.1) is 0 Å². The molecule has 0 spiro atoms. The third-order valence-electron chi connectivity index (χ3n) is 2.84. The Bertz CT molecular complexity index is 412. The fourth-order valence-corrected chi connectivity index (χ4v) is 1.89. The van der Waals surface area contributed by atoms with Gasteiger partial charge in [-0.25, -0.2) is 4.79 Å². The monoisotopic (exact) mass is 286 g/mol. The molecule has 9 nitrogen and oxygen atoms in total. The van der Waals surface area contributed by atoms with Crippen molar-refractivity contribution in [3.05, 3.63) is 0 Å². The molecule has 20 heavy (non-hydrogen) atoms. The number of aliphatic carboxylic acids is 1. The molecule has 1 aliphatic rings. The Balaban J connectivity index is 2.52. The number of nitrogens with one attached hydrogen (secondary N) is 2. The molecule has 0 aromatic carbocycles. The molecule has 9 heteroatoms. The average molecular weight is 286 g/mol. The number of carbonyl (C=O) groups excluding carboxylic acids is 3. The second-order valence-corrected chi connectivity index (χ2v) is 4.40. The van der Waals surface area contributed by atoms with Crippen molar-refractivity contribution in [3.63, 3.8) is 0 Å². The molecule has 5 N–H and O–H groups in total. The van der Waals surface area contributed by atoms with Crippen molar-refractivity contribution >= 4 is 23.8 Å². The van der Waals surface area contributed by atoms with Crippen molar-refractivity contribution in [2.45, 2.75) is 25.3 Å². The first-order valence-electron chi connectivity index (χ1n) is 6.24. The smallest absolute Gasteiger partial charge is 0.318 e. The Hall–Kier alpha value is -2.32. The second-order valence-electron chi connectivity index (χ2n) is 4.40. The fraction of sp³-hybridized carbons (Fsp3) is 0.636. The molecule has 1 heterocycles. The number of nitrogens with zero attached hydrogens (tertiary/aromatic N) is 1. The van der Waals surface area contributed by atoms with Crippen LogP contribution in [0.25, 0.3) is 0 Å². The summed E-state index contributed by atoms with van der Waals surface area (Å²) in [5, 5.41) is 13.8. The summed E-state index contributed by atoms with van der Waals surface area (Å²) >= 11 is 0. The van der Waals surface area contributed by atoms with E-state index in [1.165, 1.54) is 4.90 Å². The van der Waals surface area contributed by atoms with Crippen molar-refractivity contribution < 1.29 is 24.3 Å². The summed E-state index contributed by atoms with van der Waals surface area (Å²) in [5.74, 6) is -2.09. The highest BCUT2D eigenvalue weighted by atomic mass is 16.4. The lowest BCUT2D eigenvalue weighted by molar-refractivity contribution is -0.142. The minimum atomic E-state index is -1.15. The van der Waals surface area contributed by atoms with Gasteiger partial charge in [-0.05, 0) is 6.42 Å². The predicted octanol–water partition coefficient (Wildman–Crippen LogP) is -1.76. The number of urea groups is 1. The van der Waals surface area contributed by atoms with Gasteiger partial charge in [0, 0.05) is 26.1 Å². The molecule has 0 aromatic heterocycles. The molecule has 1 saturated heterocycles. The highest BCUT2D eigenvalue weighted by molar-refractivity contribution is 5.91. The van der Waals surface area contributed by atoms with Crippen molar-refractivity contribution in [2.75, 3.05) is 19.6 Å². The summed E-state index contributed by atoms with van der Waals surface area (Å²) in [6.07, 6.45) is 0.102. The van der Waals surface area contributed by atoms with Crippen molar-refractivity contribution in [1.29, 1.82) is 0 Å². The number of rotatable bonds is 6. The van der Waals surface area contributed by atoms with E-state index in [2.05, 4.69) is 10.6 Å². The molecular weight excluding hydrogens is 268 g/mol. The molecule has 1 rings (SSSR count). The molecule has 4 amide bonds. The number of hydrogen-bond acceptors (Lipinski definition) is 4. The van der Waals surface area contributed by atoms with Crippen molar-refractivity contribution in [3.8, 4) is 0 Å². The van der Waals surface area contributed by atoms with E-state index in [9.17, 15) is 19.2 Å². The van der Waals surface area contributed by atoms with E-state index >= 15 is 0 Å². The minimum Gasteiger partial charge on any atom is -0.481 e. The number of nitrogens with two attached hydrogens (primary N) is 1. The van der Waals surface area contributed by atoms with Crippen LogP contribution in [0.3, 0.4) is 0 Å². The highest BCUT2D eigenvalue weighted by Gasteiger charge is 2.34. The van der Waals surface area contributed by atoms with Gasteiger partial charge in [-0.3, -0.25) is 14.4 Å². The summed E-state index contributed by atoms with van der Waals surface area (Å²) < 4.78 is 0. The van der Waals surface area contributed by atoms with Crippen LogP contribution in [-0.4, -0.2) is 59.5 Å². The summed E-state index contributed by atoms with van der Waals surface area (Å²) in [6, 6.07) is -1.53. The Labute approximate surface area is 115 Å². The first-order valence-corrected chi connectivity index (χ1v) is 6.24. The number of carboxylic acids is 1. The molecule has 112 valence electrons. The first-order chi connectivity index (χ1) is 9.41. The number of carboxylic acid groups (broad SMARTS) is 1. The van der Waals surface area contributed by atoms with Crippen LogP contribution in [0.4, 0.5) is 4.79 Å². The van der Waals surface area contributed by atoms with Crippen LogP contribution in [0.2, 0.25) is 0 Å². The van der Waals surface area contributed by atoms with Crippen molar-refractivity contribution in [1.82, 2.24) is 15.5 Å². The zero-order chi connectivity index (χ0) is 15.1. The van der Waals surface area contributed by atoms with E-state index in [1.807, 2.05) is 0 Å².